The summed E-state index contributed by atoms with van der Waals surface area (Å²) in [6, 6.07) is 0. The molecule has 0 aromatic rings. The van der Waals surface area contributed by atoms with E-state index in [9.17, 15) is 4.79 Å². The molecule has 0 aromatic heterocycles. The van der Waals surface area contributed by atoms with Gasteiger partial charge in [-0.25, -0.2) is 0 Å². The molecule has 0 heterocycles. The second-order valence-electron chi connectivity index (χ2n) is 6.40. The lowest BCUT2D eigenvalue weighted by molar-refractivity contribution is -0.137. The van der Waals surface area contributed by atoms with Gasteiger partial charge >= 0.3 is 5.97 Å². The van der Waals surface area contributed by atoms with E-state index in [1.807, 2.05) is 0 Å². The molecule has 0 aliphatic carbocycles. The predicted octanol–water partition coefficient (Wildman–Crippen LogP) is 5.12. The first-order valence-corrected chi connectivity index (χ1v) is 7.63. The van der Waals surface area contributed by atoms with E-state index in [1.54, 1.807) is 0 Å². The first-order valence-electron chi connectivity index (χ1n) is 7.63. The number of aliphatic carboxylic acids is 1. The van der Waals surface area contributed by atoms with Crippen LogP contribution in [0.3, 0.4) is 0 Å². The van der Waals surface area contributed by atoms with Crippen molar-refractivity contribution in [1.82, 2.24) is 0 Å². The molecule has 0 aliphatic heterocycles. The molecular weight excluding hydrogens is 224 g/mol. The normalized spacial score (nSPS) is 14.7. The van der Waals surface area contributed by atoms with Crippen molar-refractivity contribution in [1.29, 1.82) is 0 Å². The summed E-state index contributed by atoms with van der Waals surface area (Å²) < 4.78 is 0. The topological polar surface area (TPSA) is 37.3 Å². The van der Waals surface area contributed by atoms with Crippen LogP contribution in [0.2, 0.25) is 0 Å². The van der Waals surface area contributed by atoms with Crippen molar-refractivity contribution < 1.29 is 9.90 Å². The molecule has 0 bridgehead atoms. The molecule has 2 heteroatoms. The van der Waals surface area contributed by atoms with Gasteiger partial charge in [0.05, 0.1) is 0 Å². The first-order chi connectivity index (χ1) is 8.41. The Morgan fingerprint density at radius 1 is 0.833 bits per heavy atom. The fourth-order valence-electron chi connectivity index (χ4n) is 2.35. The number of hydrogen-bond acceptors (Lipinski definition) is 1. The van der Waals surface area contributed by atoms with E-state index < -0.39 is 5.97 Å². The Hall–Kier alpha value is -0.530. The predicted molar refractivity (Wildman–Crippen MR) is 77.7 cm³/mol. The zero-order chi connectivity index (χ0) is 14.0. The Bertz CT molecular complexity index is 211. The zero-order valence-corrected chi connectivity index (χ0v) is 12.7. The van der Waals surface area contributed by atoms with Crippen LogP contribution in [0.5, 0.6) is 0 Å². The van der Waals surface area contributed by atoms with Crippen LogP contribution >= 0.6 is 0 Å². The molecule has 0 aliphatic rings. The summed E-state index contributed by atoms with van der Waals surface area (Å²) in [5, 5.41) is 8.62. The van der Waals surface area contributed by atoms with Crippen molar-refractivity contribution >= 4 is 5.97 Å². The standard InChI is InChI=1S/C16H32O2/c1-13(2)7-5-8-14(3)9-6-10-15(4)11-12-16(17)18/h13-15H,5-12H2,1-4H3,(H,17,18)/t14-,15-/m0/s1. The third kappa shape index (κ3) is 11.9. The van der Waals surface area contributed by atoms with Gasteiger partial charge in [0.2, 0.25) is 0 Å². The summed E-state index contributed by atoms with van der Waals surface area (Å²) in [7, 11) is 0. The maximum atomic E-state index is 10.5. The third-order valence-corrected chi connectivity index (χ3v) is 3.72. The van der Waals surface area contributed by atoms with Crippen molar-refractivity contribution in [3.8, 4) is 0 Å². The average Bonchev–Trinajstić information content (AvgIpc) is 2.25. The second-order valence-corrected chi connectivity index (χ2v) is 6.40. The van der Waals surface area contributed by atoms with Gasteiger partial charge in [0.1, 0.15) is 0 Å². The minimum atomic E-state index is -0.663. The lowest BCUT2D eigenvalue weighted by Gasteiger charge is -2.14. The molecule has 0 aromatic carbocycles. The van der Waals surface area contributed by atoms with Gasteiger partial charge in [-0.2, -0.15) is 0 Å². The van der Waals surface area contributed by atoms with Gasteiger partial charge in [0.25, 0.3) is 0 Å². The molecule has 18 heavy (non-hydrogen) atoms. The van der Waals surface area contributed by atoms with Crippen LogP contribution in [0, 0.1) is 17.8 Å². The van der Waals surface area contributed by atoms with Crippen molar-refractivity contribution in [3.05, 3.63) is 0 Å². The highest BCUT2D eigenvalue weighted by atomic mass is 16.4. The van der Waals surface area contributed by atoms with Gasteiger partial charge in [-0.15, -0.1) is 0 Å². The lowest BCUT2D eigenvalue weighted by atomic mass is 9.92. The summed E-state index contributed by atoms with van der Waals surface area (Å²) in [4.78, 5) is 10.5. The van der Waals surface area contributed by atoms with Crippen LogP contribution < -0.4 is 0 Å². The van der Waals surface area contributed by atoms with E-state index in [2.05, 4.69) is 27.7 Å². The molecule has 2 atom stereocenters. The molecule has 0 spiro atoms. The molecule has 0 saturated carbocycles. The lowest BCUT2D eigenvalue weighted by Crippen LogP contribution is -2.02. The highest BCUT2D eigenvalue weighted by molar-refractivity contribution is 5.66. The summed E-state index contributed by atoms with van der Waals surface area (Å²) in [6.45, 7) is 9.10. The number of carboxylic acid groups (broad SMARTS) is 1. The monoisotopic (exact) mass is 256 g/mol. The second kappa shape index (κ2) is 10.4. The molecule has 0 amide bonds. The number of hydrogen-bond donors (Lipinski definition) is 1. The Labute approximate surface area is 113 Å². The van der Waals surface area contributed by atoms with Crippen LogP contribution in [0.4, 0.5) is 0 Å². The van der Waals surface area contributed by atoms with E-state index in [-0.39, 0.29) is 0 Å². The molecule has 1 N–H and O–H groups in total. The third-order valence-electron chi connectivity index (χ3n) is 3.72. The molecule has 0 rings (SSSR count). The number of carbonyl (C=O) groups is 1. The van der Waals surface area contributed by atoms with E-state index in [1.165, 1.54) is 38.5 Å². The summed E-state index contributed by atoms with van der Waals surface area (Å²) in [6.07, 6.45) is 8.94. The zero-order valence-electron chi connectivity index (χ0n) is 12.7. The van der Waals surface area contributed by atoms with Crippen LogP contribution in [-0.4, -0.2) is 11.1 Å². The van der Waals surface area contributed by atoms with E-state index in [4.69, 9.17) is 5.11 Å². The minimum absolute atomic E-state index is 0.325. The maximum absolute atomic E-state index is 10.5. The van der Waals surface area contributed by atoms with Crippen LogP contribution in [0.1, 0.15) is 79.1 Å². The van der Waals surface area contributed by atoms with Gasteiger partial charge in [0.15, 0.2) is 0 Å². The fraction of sp³-hybridized carbons (Fsp3) is 0.938. The van der Waals surface area contributed by atoms with Crippen molar-refractivity contribution in [2.75, 3.05) is 0 Å². The smallest absolute Gasteiger partial charge is 0.303 e. The molecule has 108 valence electrons. The molecule has 0 fully saturated rings. The van der Waals surface area contributed by atoms with Gasteiger partial charge < -0.3 is 5.11 Å². The van der Waals surface area contributed by atoms with Crippen LogP contribution in [-0.2, 0) is 4.79 Å². The van der Waals surface area contributed by atoms with Crippen molar-refractivity contribution in [3.63, 3.8) is 0 Å². The Balaban J connectivity index is 3.43. The molecule has 0 saturated heterocycles. The average molecular weight is 256 g/mol. The molecule has 2 nitrogen and oxygen atoms in total. The van der Waals surface area contributed by atoms with Crippen LogP contribution in [0.15, 0.2) is 0 Å². The summed E-state index contributed by atoms with van der Waals surface area (Å²) >= 11 is 0. The first kappa shape index (κ1) is 17.5. The van der Waals surface area contributed by atoms with Gasteiger partial charge in [-0.3, -0.25) is 4.79 Å². The summed E-state index contributed by atoms with van der Waals surface area (Å²) in [5.74, 6) is 1.55. The molecule has 0 radical (unpaired) electrons. The highest BCUT2D eigenvalue weighted by Gasteiger charge is 2.07. The molecular formula is C16H32O2. The minimum Gasteiger partial charge on any atom is -0.481 e. The quantitative estimate of drug-likeness (QED) is 0.557. The summed E-state index contributed by atoms with van der Waals surface area (Å²) in [5.41, 5.74) is 0. The largest absolute Gasteiger partial charge is 0.481 e. The van der Waals surface area contributed by atoms with Gasteiger partial charge in [-0.1, -0.05) is 66.2 Å². The molecule has 0 unspecified atom stereocenters. The van der Waals surface area contributed by atoms with E-state index >= 15 is 0 Å². The number of rotatable bonds is 11. The Kier molecular flexibility index (Phi) is 10.1. The Morgan fingerprint density at radius 2 is 1.28 bits per heavy atom. The van der Waals surface area contributed by atoms with Gasteiger partial charge in [0, 0.05) is 6.42 Å². The maximum Gasteiger partial charge on any atom is 0.303 e. The van der Waals surface area contributed by atoms with Crippen molar-refractivity contribution in [2.45, 2.75) is 79.1 Å². The number of carboxylic acids is 1. The Morgan fingerprint density at radius 3 is 1.72 bits per heavy atom. The van der Waals surface area contributed by atoms with E-state index in [0.29, 0.717) is 12.3 Å². The van der Waals surface area contributed by atoms with Crippen molar-refractivity contribution in [2.24, 2.45) is 17.8 Å². The highest BCUT2D eigenvalue weighted by Crippen LogP contribution is 2.20. The SMILES string of the molecule is CC(C)CCC[C@H](C)CCC[C@H](C)CCC(=O)O. The van der Waals surface area contributed by atoms with E-state index in [0.717, 1.165) is 18.3 Å². The fourth-order valence-corrected chi connectivity index (χ4v) is 2.35. The van der Waals surface area contributed by atoms with Gasteiger partial charge in [-0.05, 0) is 24.2 Å². The van der Waals surface area contributed by atoms with Crippen LogP contribution in [0.25, 0.3) is 0 Å².